The fourth-order valence-corrected chi connectivity index (χ4v) is 2.56. The van der Waals surface area contributed by atoms with Crippen LogP contribution in [0, 0.1) is 0 Å². The van der Waals surface area contributed by atoms with Gasteiger partial charge in [-0.15, -0.1) is 0 Å². The van der Waals surface area contributed by atoms with Crippen molar-refractivity contribution in [2.24, 2.45) is 0 Å². The largest absolute Gasteiger partial charge is 0.433 e. The van der Waals surface area contributed by atoms with Crippen molar-refractivity contribution in [3.63, 3.8) is 0 Å². The number of aromatic nitrogens is 4. The third-order valence-corrected chi connectivity index (χ3v) is 3.80. The van der Waals surface area contributed by atoms with Crippen molar-refractivity contribution in [1.82, 2.24) is 24.8 Å². The summed E-state index contributed by atoms with van der Waals surface area (Å²) in [5, 5.41) is 0. The SMILES string of the molecule is O=C(c1ccncn1)N1CCCN(c2nccc(C(F)(F)F)n2)CC1. The number of carbonyl (C=O) groups excluding carboxylic acids is 1. The third-order valence-electron chi connectivity index (χ3n) is 3.80. The van der Waals surface area contributed by atoms with Crippen LogP contribution in [-0.2, 0) is 6.18 Å². The molecule has 7 nitrogen and oxygen atoms in total. The van der Waals surface area contributed by atoms with Gasteiger partial charge >= 0.3 is 6.18 Å². The highest BCUT2D eigenvalue weighted by molar-refractivity contribution is 5.92. The molecule has 25 heavy (non-hydrogen) atoms. The quantitative estimate of drug-likeness (QED) is 0.818. The van der Waals surface area contributed by atoms with Crippen LogP contribution >= 0.6 is 0 Å². The summed E-state index contributed by atoms with van der Waals surface area (Å²) < 4.78 is 38.4. The molecule has 0 radical (unpaired) electrons. The lowest BCUT2D eigenvalue weighted by molar-refractivity contribution is -0.141. The van der Waals surface area contributed by atoms with Crippen LogP contribution < -0.4 is 4.90 Å². The fraction of sp³-hybridized carbons (Fsp3) is 0.400. The molecule has 0 N–H and O–H groups in total. The fourth-order valence-electron chi connectivity index (χ4n) is 2.56. The monoisotopic (exact) mass is 352 g/mol. The van der Waals surface area contributed by atoms with E-state index in [0.717, 1.165) is 12.3 Å². The van der Waals surface area contributed by atoms with Crippen LogP contribution in [-0.4, -0.2) is 56.9 Å². The number of hydrogen-bond donors (Lipinski definition) is 0. The maximum atomic E-state index is 12.8. The number of carbonyl (C=O) groups is 1. The summed E-state index contributed by atoms with van der Waals surface area (Å²) in [7, 11) is 0. The summed E-state index contributed by atoms with van der Waals surface area (Å²) in [6.45, 7) is 1.65. The molecule has 3 rings (SSSR count). The second-order valence-corrected chi connectivity index (χ2v) is 5.47. The van der Waals surface area contributed by atoms with Crippen molar-refractivity contribution >= 4 is 11.9 Å². The van der Waals surface area contributed by atoms with E-state index in [2.05, 4.69) is 19.9 Å². The van der Waals surface area contributed by atoms with E-state index < -0.39 is 11.9 Å². The average molecular weight is 352 g/mol. The van der Waals surface area contributed by atoms with Crippen molar-refractivity contribution in [2.75, 3.05) is 31.1 Å². The van der Waals surface area contributed by atoms with Gasteiger partial charge in [0.25, 0.3) is 5.91 Å². The number of alkyl halides is 3. The summed E-state index contributed by atoms with van der Waals surface area (Å²) in [4.78, 5) is 30.9. The van der Waals surface area contributed by atoms with Crippen LogP contribution in [0.5, 0.6) is 0 Å². The van der Waals surface area contributed by atoms with Crippen LogP contribution in [0.1, 0.15) is 22.6 Å². The molecule has 2 aromatic rings. The van der Waals surface area contributed by atoms with Crippen LogP contribution in [0.4, 0.5) is 19.1 Å². The Kier molecular flexibility index (Phi) is 4.77. The molecule has 1 amide bonds. The van der Waals surface area contributed by atoms with E-state index in [-0.39, 0.29) is 11.9 Å². The van der Waals surface area contributed by atoms with Crippen molar-refractivity contribution in [3.8, 4) is 0 Å². The van der Waals surface area contributed by atoms with Crippen LogP contribution in [0.2, 0.25) is 0 Å². The molecule has 1 aliphatic heterocycles. The van der Waals surface area contributed by atoms with Gasteiger partial charge in [-0.05, 0) is 18.6 Å². The molecule has 132 valence electrons. The highest BCUT2D eigenvalue weighted by Crippen LogP contribution is 2.28. The van der Waals surface area contributed by atoms with Gasteiger partial charge in [0.05, 0.1) is 0 Å². The van der Waals surface area contributed by atoms with Crippen molar-refractivity contribution in [2.45, 2.75) is 12.6 Å². The van der Waals surface area contributed by atoms with E-state index in [0.29, 0.717) is 38.3 Å². The van der Waals surface area contributed by atoms with Gasteiger partial charge in [0.15, 0.2) is 0 Å². The van der Waals surface area contributed by atoms with E-state index in [1.54, 1.807) is 9.80 Å². The Hall–Kier alpha value is -2.78. The molecule has 1 aliphatic rings. The van der Waals surface area contributed by atoms with Crippen molar-refractivity contribution in [1.29, 1.82) is 0 Å². The first-order chi connectivity index (χ1) is 11.9. The molecule has 1 saturated heterocycles. The molecule has 0 bridgehead atoms. The highest BCUT2D eigenvalue weighted by Gasteiger charge is 2.33. The molecular weight excluding hydrogens is 337 g/mol. The Morgan fingerprint density at radius 2 is 1.88 bits per heavy atom. The Morgan fingerprint density at radius 3 is 2.60 bits per heavy atom. The summed E-state index contributed by atoms with van der Waals surface area (Å²) >= 11 is 0. The lowest BCUT2D eigenvalue weighted by Crippen LogP contribution is -2.36. The van der Waals surface area contributed by atoms with Crippen LogP contribution in [0.3, 0.4) is 0 Å². The number of halogens is 3. The van der Waals surface area contributed by atoms with E-state index in [1.807, 2.05) is 0 Å². The van der Waals surface area contributed by atoms with E-state index >= 15 is 0 Å². The summed E-state index contributed by atoms with van der Waals surface area (Å²) in [6.07, 6.45) is -0.0382. The zero-order valence-electron chi connectivity index (χ0n) is 13.1. The Labute approximate surface area is 141 Å². The molecule has 0 spiro atoms. The minimum Gasteiger partial charge on any atom is -0.339 e. The van der Waals surface area contributed by atoms with E-state index in [9.17, 15) is 18.0 Å². The second kappa shape index (κ2) is 6.99. The summed E-state index contributed by atoms with van der Waals surface area (Å²) in [5.74, 6) is -0.208. The molecule has 3 heterocycles. The highest BCUT2D eigenvalue weighted by atomic mass is 19.4. The third kappa shape index (κ3) is 4.01. The molecule has 0 atom stereocenters. The first-order valence-corrected chi connectivity index (χ1v) is 7.65. The molecule has 0 saturated carbocycles. The number of nitrogens with zero attached hydrogens (tertiary/aromatic N) is 6. The topological polar surface area (TPSA) is 75.1 Å². The molecule has 0 aliphatic carbocycles. The summed E-state index contributed by atoms with van der Waals surface area (Å²) in [5.41, 5.74) is -0.686. The normalized spacial score (nSPS) is 15.8. The van der Waals surface area contributed by atoms with Gasteiger partial charge in [0.1, 0.15) is 17.7 Å². The van der Waals surface area contributed by atoms with Gasteiger partial charge in [0, 0.05) is 38.6 Å². The van der Waals surface area contributed by atoms with Crippen LogP contribution in [0.25, 0.3) is 0 Å². The van der Waals surface area contributed by atoms with Gasteiger partial charge in [-0.2, -0.15) is 13.2 Å². The molecular formula is C15H15F3N6O. The van der Waals surface area contributed by atoms with Crippen molar-refractivity contribution < 1.29 is 18.0 Å². The molecule has 10 heteroatoms. The molecule has 0 aromatic carbocycles. The van der Waals surface area contributed by atoms with Gasteiger partial charge in [-0.25, -0.2) is 19.9 Å². The predicted molar refractivity (Wildman–Crippen MR) is 81.8 cm³/mol. The van der Waals surface area contributed by atoms with Gasteiger partial charge in [-0.1, -0.05) is 0 Å². The first kappa shape index (κ1) is 17.1. The minimum absolute atomic E-state index is 0.0196. The minimum atomic E-state index is -4.52. The number of amides is 1. The Bertz CT molecular complexity index is 740. The van der Waals surface area contributed by atoms with Gasteiger partial charge < -0.3 is 9.80 Å². The smallest absolute Gasteiger partial charge is 0.339 e. The zero-order valence-corrected chi connectivity index (χ0v) is 13.1. The lowest BCUT2D eigenvalue weighted by atomic mass is 10.3. The van der Waals surface area contributed by atoms with Gasteiger partial charge in [-0.3, -0.25) is 4.79 Å². The number of rotatable bonds is 2. The standard InChI is InChI=1S/C15H15F3N6O/c16-15(17,18)12-3-5-20-14(22-12)24-7-1-6-23(8-9-24)13(25)11-2-4-19-10-21-11/h2-5,10H,1,6-9H2. The lowest BCUT2D eigenvalue weighted by Gasteiger charge is -2.22. The molecule has 1 fully saturated rings. The predicted octanol–water partition coefficient (Wildman–Crippen LogP) is 1.64. The van der Waals surface area contributed by atoms with E-state index in [4.69, 9.17) is 0 Å². The maximum Gasteiger partial charge on any atom is 0.433 e. The van der Waals surface area contributed by atoms with Gasteiger partial charge in [0.2, 0.25) is 5.95 Å². The molecule has 2 aromatic heterocycles. The number of hydrogen-bond acceptors (Lipinski definition) is 6. The average Bonchev–Trinajstić information content (AvgIpc) is 2.87. The van der Waals surface area contributed by atoms with E-state index in [1.165, 1.54) is 18.6 Å². The Morgan fingerprint density at radius 1 is 1.04 bits per heavy atom. The Balaban J connectivity index is 1.71. The zero-order chi connectivity index (χ0) is 17.9. The van der Waals surface area contributed by atoms with Crippen LogP contribution in [0.15, 0.2) is 30.9 Å². The number of anilines is 1. The maximum absolute atomic E-state index is 12.8. The second-order valence-electron chi connectivity index (χ2n) is 5.47. The summed E-state index contributed by atoms with van der Waals surface area (Å²) in [6, 6.07) is 2.37. The first-order valence-electron chi connectivity index (χ1n) is 7.65. The van der Waals surface area contributed by atoms with Crippen molar-refractivity contribution in [3.05, 3.63) is 42.2 Å². The molecule has 0 unspecified atom stereocenters.